The number of nitrogens with one attached hydrogen (secondary N) is 2. The molecule has 188 valence electrons. The second kappa shape index (κ2) is 11.6. The molecule has 9 heteroatoms. The van der Waals surface area contributed by atoms with Crippen molar-refractivity contribution in [2.24, 2.45) is 0 Å². The van der Waals surface area contributed by atoms with Crippen LogP contribution in [0, 0.1) is 5.82 Å². The number of fused-ring (bicyclic) bond motifs is 1. The van der Waals surface area contributed by atoms with Gasteiger partial charge in [-0.05, 0) is 48.4 Å². The first kappa shape index (κ1) is 25.8. The van der Waals surface area contributed by atoms with Crippen LogP contribution in [0.1, 0.15) is 23.6 Å². The summed E-state index contributed by atoms with van der Waals surface area (Å²) in [6.45, 7) is 2.53. The van der Waals surface area contributed by atoms with Crippen molar-refractivity contribution in [2.45, 2.75) is 32.5 Å². The Balaban J connectivity index is 1.48. The van der Waals surface area contributed by atoms with E-state index in [1.165, 1.54) is 12.1 Å². The quantitative estimate of drug-likeness (QED) is 0.209. The van der Waals surface area contributed by atoms with Crippen molar-refractivity contribution in [1.29, 1.82) is 0 Å². The minimum absolute atomic E-state index is 0.0716. The molecule has 3 N–H and O–H groups in total. The number of rotatable bonds is 11. The molecule has 4 aromatic rings. The first-order valence-corrected chi connectivity index (χ1v) is 12.1. The molecule has 0 aliphatic rings. The average molecular weight is 531 g/mol. The molecule has 6 nitrogen and oxygen atoms in total. The molecule has 36 heavy (non-hydrogen) atoms. The van der Waals surface area contributed by atoms with Crippen LogP contribution in [0.2, 0.25) is 10.0 Å². The molecule has 0 spiro atoms. The van der Waals surface area contributed by atoms with Crippen LogP contribution in [-0.4, -0.2) is 28.7 Å². The molecule has 0 aliphatic carbocycles. The SMILES string of the molecule is CCOc1cc(CNC(Cc2c[nH]c3ccccc23)C(=O)O)cc(Cl)c1OCc1ccc(F)cc1Cl. The Kier molecular flexibility index (Phi) is 8.36. The van der Waals surface area contributed by atoms with E-state index >= 15 is 0 Å². The summed E-state index contributed by atoms with van der Waals surface area (Å²) < 4.78 is 24.9. The van der Waals surface area contributed by atoms with Gasteiger partial charge in [0.15, 0.2) is 11.5 Å². The third kappa shape index (κ3) is 6.10. The lowest BCUT2D eigenvalue weighted by atomic mass is 10.0. The molecule has 0 saturated heterocycles. The van der Waals surface area contributed by atoms with Crippen molar-refractivity contribution in [3.8, 4) is 11.5 Å². The van der Waals surface area contributed by atoms with Gasteiger partial charge in [0.2, 0.25) is 0 Å². The lowest BCUT2D eigenvalue weighted by Crippen LogP contribution is -2.38. The smallest absolute Gasteiger partial charge is 0.321 e. The van der Waals surface area contributed by atoms with Gasteiger partial charge in [-0.15, -0.1) is 0 Å². The molecule has 4 rings (SSSR count). The number of carboxylic acid groups (broad SMARTS) is 1. The van der Waals surface area contributed by atoms with Crippen molar-refractivity contribution in [2.75, 3.05) is 6.61 Å². The number of benzene rings is 3. The van der Waals surface area contributed by atoms with Crippen LogP contribution in [0.25, 0.3) is 10.9 Å². The monoisotopic (exact) mass is 530 g/mol. The topological polar surface area (TPSA) is 83.6 Å². The van der Waals surface area contributed by atoms with Gasteiger partial charge < -0.3 is 24.9 Å². The highest BCUT2D eigenvalue weighted by Crippen LogP contribution is 2.37. The van der Waals surface area contributed by atoms with E-state index in [9.17, 15) is 14.3 Å². The van der Waals surface area contributed by atoms with Gasteiger partial charge in [-0.1, -0.05) is 47.5 Å². The number of aliphatic carboxylic acids is 1. The number of carbonyl (C=O) groups is 1. The lowest BCUT2D eigenvalue weighted by Gasteiger charge is -2.18. The van der Waals surface area contributed by atoms with Crippen LogP contribution >= 0.6 is 23.2 Å². The fourth-order valence-corrected chi connectivity index (χ4v) is 4.43. The molecule has 1 aromatic heterocycles. The number of ether oxygens (including phenoxy) is 2. The molecule has 3 aromatic carbocycles. The largest absolute Gasteiger partial charge is 0.490 e. The van der Waals surface area contributed by atoms with Gasteiger partial charge in [0.05, 0.1) is 16.7 Å². The van der Waals surface area contributed by atoms with E-state index < -0.39 is 17.8 Å². The Morgan fingerprint density at radius 2 is 1.89 bits per heavy atom. The van der Waals surface area contributed by atoms with Crippen LogP contribution < -0.4 is 14.8 Å². The Labute approximate surface area is 217 Å². The Morgan fingerprint density at radius 3 is 2.64 bits per heavy atom. The average Bonchev–Trinajstić information content (AvgIpc) is 3.25. The molecule has 1 atom stereocenters. The number of halogens is 3. The number of H-pyrrole nitrogens is 1. The van der Waals surface area contributed by atoms with Gasteiger partial charge >= 0.3 is 5.97 Å². The molecule has 0 radical (unpaired) electrons. The summed E-state index contributed by atoms with van der Waals surface area (Å²) >= 11 is 12.6. The molecule has 0 amide bonds. The molecular formula is C27H25Cl2FN2O4. The number of para-hydroxylation sites is 1. The van der Waals surface area contributed by atoms with Crippen molar-refractivity contribution in [1.82, 2.24) is 10.3 Å². The summed E-state index contributed by atoms with van der Waals surface area (Å²) in [6, 6.07) is 14.5. The van der Waals surface area contributed by atoms with Crippen LogP contribution in [-0.2, 0) is 24.4 Å². The van der Waals surface area contributed by atoms with Crippen LogP contribution in [0.5, 0.6) is 11.5 Å². The summed E-state index contributed by atoms with van der Waals surface area (Å²) in [4.78, 5) is 15.1. The third-order valence-electron chi connectivity index (χ3n) is 5.71. The summed E-state index contributed by atoms with van der Waals surface area (Å²) in [5, 5.41) is 14.5. The Hall–Kier alpha value is -3.26. The third-order valence-corrected chi connectivity index (χ3v) is 6.34. The van der Waals surface area contributed by atoms with E-state index in [-0.39, 0.29) is 18.2 Å². The molecular weight excluding hydrogens is 506 g/mol. The highest BCUT2D eigenvalue weighted by Gasteiger charge is 2.20. The Bertz CT molecular complexity index is 1380. The summed E-state index contributed by atoms with van der Waals surface area (Å²) in [6.07, 6.45) is 2.15. The van der Waals surface area contributed by atoms with E-state index in [0.29, 0.717) is 35.1 Å². The molecule has 0 bridgehead atoms. The van der Waals surface area contributed by atoms with Gasteiger partial charge in [-0.2, -0.15) is 0 Å². The van der Waals surface area contributed by atoms with Crippen molar-refractivity contribution in [3.05, 3.63) is 93.3 Å². The summed E-state index contributed by atoms with van der Waals surface area (Å²) in [5.41, 5.74) is 3.22. The van der Waals surface area contributed by atoms with Crippen molar-refractivity contribution >= 4 is 40.1 Å². The highest BCUT2D eigenvalue weighted by atomic mass is 35.5. The minimum atomic E-state index is -0.951. The van der Waals surface area contributed by atoms with Gasteiger partial charge in [0.1, 0.15) is 18.5 Å². The fraction of sp³-hybridized carbons (Fsp3) is 0.222. The summed E-state index contributed by atoms with van der Waals surface area (Å²) in [7, 11) is 0. The van der Waals surface area contributed by atoms with Crippen molar-refractivity contribution < 1.29 is 23.8 Å². The number of carboxylic acids is 1. The zero-order valence-corrected chi connectivity index (χ0v) is 21.0. The fourth-order valence-electron chi connectivity index (χ4n) is 3.92. The first-order chi connectivity index (χ1) is 17.4. The normalized spacial score (nSPS) is 12.0. The predicted molar refractivity (Wildman–Crippen MR) is 139 cm³/mol. The van der Waals surface area contributed by atoms with E-state index in [2.05, 4.69) is 10.3 Å². The number of hydrogen-bond acceptors (Lipinski definition) is 4. The number of hydrogen-bond donors (Lipinski definition) is 3. The Morgan fingerprint density at radius 1 is 1.08 bits per heavy atom. The molecule has 1 heterocycles. The second-order valence-electron chi connectivity index (χ2n) is 8.20. The maximum Gasteiger partial charge on any atom is 0.321 e. The van der Waals surface area contributed by atoms with Crippen LogP contribution in [0.15, 0.2) is 60.8 Å². The number of aromatic amines is 1. The van der Waals surface area contributed by atoms with E-state index in [1.807, 2.05) is 37.4 Å². The lowest BCUT2D eigenvalue weighted by molar-refractivity contribution is -0.139. The zero-order chi connectivity index (χ0) is 25.7. The highest BCUT2D eigenvalue weighted by molar-refractivity contribution is 6.32. The minimum Gasteiger partial charge on any atom is -0.490 e. The number of aromatic nitrogens is 1. The maximum absolute atomic E-state index is 13.3. The van der Waals surface area contributed by atoms with Gasteiger partial charge in [-0.3, -0.25) is 4.79 Å². The molecule has 0 aliphatic heterocycles. The molecule has 0 saturated carbocycles. The van der Waals surface area contributed by atoms with Crippen LogP contribution in [0.3, 0.4) is 0 Å². The summed E-state index contributed by atoms with van der Waals surface area (Å²) in [5.74, 6) is -0.634. The van der Waals surface area contributed by atoms with E-state index in [4.69, 9.17) is 32.7 Å². The van der Waals surface area contributed by atoms with Crippen molar-refractivity contribution in [3.63, 3.8) is 0 Å². The van der Waals surface area contributed by atoms with Crippen LogP contribution in [0.4, 0.5) is 4.39 Å². The van der Waals surface area contributed by atoms with Gasteiger partial charge in [-0.25, -0.2) is 4.39 Å². The molecule has 0 fully saturated rings. The second-order valence-corrected chi connectivity index (χ2v) is 9.01. The molecule has 1 unspecified atom stereocenters. The van der Waals surface area contributed by atoms with Gasteiger partial charge in [0.25, 0.3) is 0 Å². The van der Waals surface area contributed by atoms with E-state index in [0.717, 1.165) is 22.0 Å². The van der Waals surface area contributed by atoms with E-state index in [1.54, 1.807) is 18.2 Å². The maximum atomic E-state index is 13.3. The first-order valence-electron chi connectivity index (χ1n) is 11.4. The zero-order valence-electron chi connectivity index (χ0n) is 19.5. The predicted octanol–water partition coefficient (Wildman–Crippen LogP) is 6.38. The standard InChI is InChI=1S/C27H25Cl2FN2O4/c1-2-35-25-10-16(9-22(29)26(25)36-15-17-7-8-19(30)12-21(17)28)13-31-24(27(33)34)11-18-14-32-23-6-4-3-5-20(18)23/h3-10,12,14,24,31-32H,2,11,13,15H2,1H3,(H,33,34). The van der Waals surface area contributed by atoms with Gasteiger partial charge in [0, 0.05) is 35.6 Å².